The number of nitrogens with two attached hydrogens (primary N) is 1. The molecule has 5 heteroatoms. The van der Waals surface area contributed by atoms with E-state index < -0.39 is 0 Å². The second-order valence-corrected chi connectivity index (χ2v) is 7.83. The molecule has 0 aliphatic rings. The molecule has 0 saturated heterocycles. The smallest absolute Gasteiger partial charge is 0.0739 e. The minimum atomic E-state index is 0.0944. The van der Waals surface area contributed by atoms with Gasteiger partial charge >= 0.3 is 0 Å². The monoisotopic (exact) mass is 366 g/mol. The highest BCUT2D eigenvalue weighted by molar-refractivity contribution is 9.10. The van der Waals surface area contributed by atoms with Crippen LogP contribution in [0, 0.1) is 0 Å². The van der Waals surface area contributed by atoms with Crippen LogP contribution in [0.2, 0.25) is 0 Å². The van der Waals surface area contributed by atoms with Crippen molar-refractivity contribution in [2.45, 2.75) is 23.2 Å². The number of thioether (sulfide) groups is 1. The first-order valence-electron chi connectivity index (χ1n) is 6.37. The van der Waals surface area contributed by atoms with Crippen molar-refractivity contribution in [3.8, 4) is 0 Å². The van der Waals surface area contributed by atoms with Crippen LogP contribution >= 0.6 is 39.0 Å². The summed E-state index contributed by atoms with van der Waals surface area (Å²) >= 11 is 7.06. The number of nitrogens with one attached hydrogen (secondary N) is 1. The van der Waals surface area contributed by atoms with Crippen LogP contribution in [0.3, 0.4) is 0 Å². The molecule has 3 N–H and O–H groups in total. The Hall–Kier alpha value is -0.750. The summed E-state index contributed by atoms with van der Waals surface area (Å²) in [7, 11) is 0. The molecule has 0 bridgehead atoms. The molecule has 0 aliphatic heterocycles. The van der Waals surface area contributed by atoms with Crippen LogP contribution in [0.25, 0.3) is 10.9 Å². The summed E-state index contributed by atoms with van der Waals surface area (Å²) in [5, 5.41) is 4.78. The average molecular weight is 367 g/mol. The van der Waals surface area contributed by atoms with Gasteiger partial charge in [-0.15, -0.1) is 11.3 Å². The third-order valence-electron chi connectivity index (χ3n) is 3.10. The maximum absolute atomic E-state index is 6.18. The normalized spacial score (nSPS) is 14.6. The van der Waals surface area contributed by atoms with Crippen molar-refractivity contribution in [2.24, 2.45) is 5.73 Å². The predicted octanol–water partition coefficient (Wildman–Crippen LogP) is 5.17. The lowest BCUT2D eigenvalue weighted by Gasteiger charge is -2.18. The Kier molecular flexibility index (Phi) is 4.21. The number of halogens is 1. The van der Waals surface area contributed by atoms with E-state index in [1.54, 1.807) is 23.1 Å². The van der Waals surface area contributed by atoms with Crippen molar-refractivity contribution in [2.75, 3.05) is 0 Å². The second kappa shape index (κ2) is 5.93. The molecule has 3 rings (SSSR count). The van der Waals surface area contributed by atoms with Gasteiger partial charge in [0, 0.05) is 31.7 Å². The number of hydrogen-bond donors (Lipinski definition) is 2. The van der Waals surface area contributed by atoms with Crippen molar-refractivity contribution >= 4 is 49.9 Å². The number of fused-ring (bicyclic) bond motifs is 1. The zero-order chi connectivity index (χ0) is 14.1. The van der Waals surface area contributed by atoms with Gasteiger partial charge in [-0.25, -0.2) is 0 Å². The average Bonchev–Trinajstić information content (AvgIpc) is 3.01. The molecule has 2 unspecified atom stereocenters. The number of para-hydroxylation sites is 1. The summed E-state index contributed by atoms with van der Waals surface area (Å²) in [4.78, 5) is 4.76. The molecule has 104 valence electrons. The van der Waals surface area contributed by atoms with E-state index in [2.05, 4.69) is 63.5 Å². The van der Waals surface area contributed by atoms with E-state index in [-0.39, 0.29) is 11.3 Å². The van der Waals surface area contributed by atoms with Crippen LogP contribution in [-0.4, -0.2) is 11.0 Å². The van der Waals surface area contributed by atoms with Gasteiger partial charge in [0.1, 0.15) is 0 Å². The van der Waals surface area contributed by atoms with Gasteiger partial charge in [-0.2, -0.15) is 0 Å². The number of rotatable bonds is 4. The number of aromatic amines is 1. The van der Waals surface area contributed by atoms with Gasteiger partial charge in [0.05, 0.1) is 10.3 Å². The molecule has 2 aromatic heterocycles. The van der Waals surface area contributed by atoms with E-state index in [9.17, 15) is 0 Å². The fourth-order valence-electron chi connectivity index (χ4n) is 2.15. The van der Waals surface area contributed by atoms with E-state index in [0.29, 0.717) is 0 Å². The van der Waals surface area contributed by atoms with Gasteiger partial charge in [0.25, 0.3) is 0 Å². The summed E-state index contributed by atoms with van der Waals surface area (Å²) in [5.74, 6) is 0. The standard InChI is InChI=1S/C15H15BrN2S2/c1-9(17)15(13-7-11(16)8-19-13)20-14-6-10-4-2-3-5-12(10)18-14/h2-9,15,18H,17H2,1H3. The third kappa shape index (κ3) is 2.96. The van der Waals surface area contributed by atoms with Gasteiger partial charge in [-0.05, 0) is 41.1 Å². The van der Waals surface area contributed by atoms with Crippen LogP contribution in [0.5, 0.6) is 0 Å². The predicted molar refractivity (Wildman–Crippen MR) is 92.6 cm³/mol. The lowest BCUT2D eigenvalue weighted by molar-refractivity contribution is 0.729. The Morgan fingerprint density at radius 2 is 2.10 bits per heavy atom. The first-order chi connectivity index (χ1) is 9.63. The van der Waals surface area contributed by atoms with E-state index in [4.69, 9.17) is 5.73 Å². The summed E-state index contributed by atoms with van der Waals surface area (Å²) in [6.07, 6.45) is 0. The van der Waals surface area contributed by atoms with E-state index in [1.807, 2.05) is 6.07 Å². The van der Waals surface area contributed by atoms with Crippen LogP contribution in [0.1, 0.15) is 17.1 Å². The zero-order valence-electron chi connectivity index (χ0n) is 11.0. The van der Waals surface area contributed by atoms with E-state index in [1.165, 1.54) is 15.8 Å². The largest absolute Gasteiger partial charge is 0.350 e. The summed E-state index contributed by atoms with van der Waals surface area (Å²) < 4.78 is 1.13. The molecule has 3 aromatic rings. The SMILES string of the molecule is CC(N)C(Sc1cc2ccccc2[nH]1)c1cc(Br)cs1. The number of hydrogen-bond acceptors (Lipinski definition) is 3. The summed E-state index contributed by atoms with van der Waals surface area (Å²) in [5.41, 5.74) is 7.35. The maximum atomic E-state index is 6.18. The highest BCUT2D eigenvalue weighted by Crippen LogP contribution is 2.41. The molecule has 0 aliphatic carbocycles. The molecule has 0 fully saturated rings. The minimum Gasteiger partial charge on any atom is -0.350 e. The Labute approximate surface area is 134 Å². The Morgan fingerprint density at radius 3 is 2.75 bits per heavy atom. The Morgan fingerprint density at radius 1 is 1.30 bits per heavy atom. The first-order valence-corrected chi connectivity index (χ1v) is 8.92. The molecule has 0 radical (unpaired) electrons. The minimum absolute atomic E-state index is 0.0944. The molecule has 2 nitrogen and oxygen atoms in total. The fourth-order valence-corrected chi connectivity index (χ4v) is 5.04. The quantitative estimate of drug-likeness (QED) is 0.625. The van der Waals surface area contributed by atoms with Crippen LogP contribution in [-0.2, 0) is 0 Å². The molecule has 0 spiro atoms. The van der Waals surface area contributed by atoms with Gasteiger partial charge in [-0.3, -0.25) is 0 Å². The summed E-state index contributed by atoms with van der Waals surface area (Å²) in [6, 6.07) is 12.8. The number of aromatic nitrogens is 1. The topological polar surface area (TPSA) is 41.8 Å². The summed E-state index contributed by atoms with van der Waals surface area (Å²) in [6.45, 7) is 2.06. The van der Waals surface area contributed by atoms with Gasteiger partial charge in [0.15, 0.2) is 0 Å². The maximum Gasteiger partial charge on any atom is 0.0739 e. The highest BCUT2D eigenvalue weighted by Gasteiger charge is 2.20. The third-order valence-corrected chi connectivity index (χ3v) is 6.44. The molecule has 2 atom stereocenters. The van der Waals surface area contributed by atoms with Crippen molar-refractivity contribution in [1.29, 1.82) is 0 Å². The van der Waals surface area contributed by atoms with E-state index >= 15 is 0 Å². The Balaban J connectivity index is 1.89. The molecule has 0 amide bonds. The van der Waals surface area contributed by atoms with Gasteiger partial charge in [0.2, 0.25) is 0 Å². The van der Waals surface area contributed by atoms with Crippen molar-refractivity contribution in [3.63, 3.8) is 0 Å². The van der Waals surface area contributed by atoms with Crippen molar-refractivity contribution in [1.82, 2.24) is 4.98 Å². The van der Waals surface area contributed by atoms with Crippen molar-refractivity contribution in [3.05, 3.63) is 51.1 Å². The number of thiophene rings is 1. The zero-order valence-corrected chi connectivity index (χ0v) is 14.2. The van der Waals surface area contributed by atoms with Crippen LogP contribution < -0.4 is 5.73 Å². The van der Waals surface area contributed by atoms with Gasteiger partial charge < -0.3 is 10.7 Å². The van der Waals surface area contributed by atoms with Crippen LogP contribution in [0.4, 0.5) is 0 Å². The van der Waals surface area contributed by atoms with Crippen molar-refractivity contribution < 1.29 is 0 Å². The molecule has 2 heterocycles. The fraction of sp³-hybridized carbons (Fsp3) is 0.200. The van der Waals surface area contributed by atoms with E-state index in [0.717, 1.165) is 9.50 Å². The Bertz CT molecular complexity index is 684. The highest BCUT2D eigenvalue weighted by atomic mass is 79.9. The lowest BCUT2D eigenvalue weighted by atomic mass is 10.2. The first kappa shape index (κ1) is 14.2. The van der Waals surface area contributed by atoms with Gasteiger partial charge in [-0.1, -0.05) is 30.0 Å². The second-order valence-electron chi connectivity index (χ2n) is 4.79. The molecule has 20 heavy (non-hydrogen) atoms. The molecular weight excluding hydrogens is 352 g/mol. The molecular formula is C15H15BrN2S2. The van der Waals surface area contributed by atoms with Crippen LogP contribution in [0.15, 0.2) is 51.3 Å². The molecule has 0 saturated carbocycles. The molecule has 1 aromatic carbocycles. The lowest BCUT2D eigenvalue weighted by Crippen LogP contribution is -2.21. The number of H-pyrrole nitrogens is 1. The number of benzene rings is 1.